The topological polar surface area (TPSA) is 55.4 Å². The molecule has 0 atom stereocenters. The van der Waals surface area contributed by atoms with Gasteiger partial charge in [-0.25, -0.2) is 4.98 Å². The summed E-state index contributed by atoms with van der Waals surface area (Å²) < 4.78 is 3.44. The summed E-state index contributed by atoms with van der Waals surface area (Å²) >= 11 is 3.16. The second kappa shape index (κ2) is 6.19. The lowest BCUT2D eigenvalue weighted by molar-refractivity contribution is 0.318. The van der Waals surface area contributed by atoms with Gasteiger partial charge in [0.15, 0.2) is 5.16 Å². The SMILES string of the molecule is CSc1nn2c(=O)c3c4c(sc3nc2n1-c1ccc(C)cc1)CN(C)CC4. The van der Waals surface area contributed by atoms with E-state index in [0.717, 1.165) is 46.1 Å². The summed E-state index contributed by atoms with van der Waals surface area (Å²) in [6.07, 6.45) is 2.86. The summed E-state index contributed by atoms with van der Waals surface area (Å²) in [6, 6.07) is 8.21. The first-order valence-corrected chi connectivity index (χ1v) is 10.9. The molecule has 3 aromatic heterocycles. The number of hydrogen-bond acceptors (Lipinski definition) is 6. The van der Waals surface area contributed by atoms with Crippen molar-refractivity contribution >= 4 is 39.1 Å². The third kappa shape index (κ3) is 2.55. The summed E-state index contributed by atoms with van der Waals surface area (Å²) in [5.74, 6) is 0.577. The second-order valence-corrected chi connectivity index (χ2v) is 8.82. The van der Waals surface area contributed by atoms with E-state index in [1.807, 2.05) is 23.0 Å². The van der Waals surface area contributed by atoms with Gasteiger partial charge < -0.3 is 4.90 Å². The summed E-state index contributed by atoms with van der Waals surface area (Å²) in [6.45, 7) is 3.91. The van der Waals surface area contributed by atoms with Crippen LogP contribution >= 0.6 is 23.1 Å². The number of rotatable bonds is 2. The molecular weight excluding hydrogens is 378 g/mol. The molecule has 0 saturated carbocycles. The van der Waals surface area contributed by atoms with Crippen LogP contribution in [0.5, 0.6) is 0 Å². The van der Waals surface area contributed by atoms with E-state index in [4.69, 9.17) is 4.98 Å². The predicted octanol–water partition coefficient (Wildman–Crippen LogP) is 3.11. The molecule has 0 spiro atoms. The fourth-order valence-corrected chi connectivity index (χ4v) is 5.47. The van der Waals surface area contributed by atoms with Gasteiger partial charge >= 0.3 is 0 Å². The predicted molar refractivity (Wildman–Crippen MR) is 111 cm³/mol. The molecule has 0 radical (unpaired) electrons. The molecule has 0 aliphatic carbocycles. The molecule has 0 amide bonds. The van der Waals surface area contributed by atoms with E-state index in [1.54, 1.807) is 11.3 Å². The lowest BCUT2D eigenvalue weighted by atomic mass is 10.1. The van der Waals surface area contributed by atoms with Crippen molar-refractivity contribution in [3.05, 3.63) is 50.6 Å². The van der Waals surface area contributed by atoms with Crippen molar-refractivity contribution in [3.8, 4) is 5.69 Å². The van der Waals surface area contributed by atoms with E-state index >= 15 is 0 Å². The fourth-order valence-electron chi connectivity index (χ4n) is 3.65. The summed E-state index contributed by atoms with van der Waals surface area (Å²) in [4.78, 5) is 22.5. The number of aromatic nitrogens is 4. The minimum atomic E-state index is -0.0572. The maximum atomic E-state index is 13.3. The van der Waals surface area contributed by atoms with E-state index in [0.29, 0.717) is 5.78 Å². The van der Waals surface area contributed by atoms with Crippen LogP contribution in [-0.2, 0) is 13.0 Å². The average Bonchev–Trinajstić information content (AvgIpc) is 3.20. The van der Waals surface area contributed by atoms with Gasteiger partial charge in [0, 0.05) is 18.0 Å². The van der Waals surface area contributed by atoms with Gasteiger partial charge in [0.05, 0.1) is 11.1 Å². The van der Waals surface area contributed by atoms with E-state index < -0.39 is 0 Å². The smallest absolute Gasteiger partial charge is 0.284 e. The number of aryl methyl sites for hydroxylation is 1. The number of benzene rings is 1. The first kappa shape index (κ1) is 17.0. The van der Waals surface area contributed by atoms with Gasteiger partial charge in [-0.15, -0.1) is 16.4 Å². The molecule has 0 unspecified atom stereocenters. The van der Waals surface area contributed by atoms with Crippen LogP contribution in [0.1, 0.15) is 16.0 Å². The Morgan fingerprint density at radius 3 is 2.74 bits per heavy atom. The zero-order valence-electron chi connectivity index (χ0n) is 15.4. The number of thioether (sulfide) groups is 1. The molecule has 138 valence electrons. The first-order chi connectivity index (χ1) is 13.1. The molecule has 0 N–H and O–H groups in total. The average molecular weight is 398 g/mol. The summed E-state index contributed by atoms with van der Waals surface area (Å²) in [5.41, 5.74) is 3.26. The molecule has 4 aromatic rings. The monoisotopic (exact) mass is 397 g/mol. The molecule has 4 heterocycles. The molecule has 5 rings (SSSR count). The number of thiophene rings is 1. The molecule has 0 fully saturated rings. The van der Waals surface area contributed by atoms with Crippen molar-refractivity contribution in [2.24, 2.45) is 0 Å². The van der Waals surface area contributed by atoms with Gasteiger partial charge in [-0.1, -0.05) is 29.5 Å². The van der Waals surface area contributed by atoms with E-state index in [-0.39, 0.29) is 5.56 Å². The highest BCUT2D eigenvalue weighted by molar-refractivity contribution is 7.98. The van der Waals surface area contributed by atoms with Gasteiger partial charge in [0.2, 0.25) is 5.78 Å². The van der Waals surface area contributed by atoms with Gasteiger partial charge in [-0.2, -0.15) is 4.52 Å². The van der Waals surface area contributed by atoms with Crippen LogP contribution < -0.4 is 5.56 Å². The van der Waals surface area contributed by atoms with Crippen LogP contribution in [0.15, 0.2) is 34.2 Å². The summed E-state index contributed by atoms with van der Waals surface area (Å²) in [7, 11) is 2.11. The third-order valence-corrected chi connectivity index (χ3v) is 6.82. The van der Waals surface area contributed by atoms with E-state index in [9.17, 15) is 4.79 Å². The number of fused-ring (bicyclic) bond motifs is 4. The quantitative estimate of drug-likeness (QED) is 0.487. The van der Waals surface area contributed by atoms with Crippen LogP contribution in [0, 0.1) is 6.92 Å². The molecule has 8 heteroatoms. The fraction of sp³-hybridized carbons (Fsp3) is 0.316. The van der Waals surface area contributed by atoms with Gasteiger partial charge in [-0.3, -0.25) is 9.36 Å². The van der Waals surface area contributed by atoms with Gasteiger partial charge in [0.1, 0.15) is 4.83 Å². The van der Waals surface area contributed by atoms with Crippen molar-refractivity contribution in [1.82, 2.24) is 24.1 Å². The molecular formula is C19H19N5OS2. The lowest BCUT2D eigenvalue weighted by Gasteiger charge is -2.21. The van der Waals surface area contributed by atoms with E-state index in [2.05, 4.69) is 36.1 Å². The third-order valence-electron chi connectivity index (χ3n) is 5.08. The number of hydrogen-bond donors (Lipinski definition) is 0. The Kier molecular flexibility index (Phi) is 3.89. The molecule has 6 nitrogen and oxygen atoms in total. The molecule has 27 heavy (non-hydrogen) atoms. The second-order valence-electron chi connectivity index (χ2n) is 6.96. The van der Waals surface area contributed by atoms with Crippen LogP contribution in [0.3, 0.4) is 0 Å². The van der Waals surface area contributed by atoms with Crippen molar-refractivity contribution in [2.45, 2.75) is 25.0 Å². The number of likely N-dealkylation sites (N-methyl/N-ethyl adjacent to an activating group) is 1. The Balaban J connectivity index is 1.84. The molecule has 1 aromatic carbocycles. The van der Waals surface area contributed by atoms with Gasteiger partial charge in [-0.05, 0) is 44.3 Å². The highest BCUT2D eigenvalue weighted by Crippen LogP contribution is 2.33. The van der Waals surface area contributed by atoms with Crippen molar-refractivity contribution in [2.75, 3.05) is 19.8 Å². The summed E-state index contributed by atoms with van der Waals surface area (Å²) in [5, 5.41) is 6.10. The first-order valence-electron chi connectivity index (χ1n) is 8.82. The number of nitrogens with zero attached hydrogens (tertiary/aromatic N) is 5. The maximum Gasteiger partial charge on any atom is 0.284 e. The molecule has 0 bridgehead atoms. The highest BCUT2D eigenvalue weighted by Gasteiger charge is 2.25. The minimum Gasteiger partial charge on any atom is -0.301 e. The Hall–Kier alpha value is -2.16. The van der Waals surface area contributed by atoms with Crippen LogP contribution in [0.2, 0.25) is 0 Å². The van der Waals surface area contributed by atoms with Crippen molar-refractivity contribution < 1.29 is 0 Å². The highest BCUT2D eigenvalue weighted by atomic mass is 32.2. The molecule has 1 aliphatic heterocycles. The zero-order valence-corrected chi connectivity index (χ0v) is 17.0. The van der Waals surface area contributed by atoms with Crippen LogP contribution in [0.25, 0.3) is 21.7 Å². The van der Waals surface area contributed by atoms with Gasteiger partial charge in [0.25, 0.3) is 5.56 Å². The largest absolute Gasteiger partial charge is 0.301 e. The Morgan fingerprint density at radius 2 is 2.00 bits per heavy atom. The van der Waals surface area contributed by atoms with E-state index in [1.165, 1.54) is 26.7 Å². The zero-order chi connectivity index (χ0) is 18.7. The standard InChI is InChI=1S/C19H19N5OS2/c1-11-4-6-12(7-5-11)23-18-20-16-15(17(25)24(18)21-19(23)26-3)13-8-9-22(2)10-14(13)27-16/h4-7H,8-10H2,1-3H3. The van der Waals surface area contributed by atoms with Crippen LogP contribution in [0.4, 0.5) is 0 Å². The Bertz CT molecular complexity index is 1240. The molecule has 0 saturated heterocycles. The molecule has 1 aliphatic rings. The normalized spacial score (nSPS) is 14.9. The van der Waals surface area contributed by atoms with Crippen molar-refractivity contribution in [1.29, 1.82) is 0 Å². The lowest BCUT2D eigenvalue weighted by Crippen LogP contribution is -2.26. The maximum absolute atomic E-state index is 13.3. The Morgan fingerprint density at radius 1 is 1.22 bits per heavy atom. The van der Waals surface area contributed by atoms with Crippen LogP contribution in [-0.4, -0.2) is 43.9 Å². The minimum absolute atomic E-state index is 0.0572. The Labute approximate surface area is 164 Å². The van der Waals surface area contributed by atoms with Crippen molar-refractivity contribution in [3.63, 3.8) is 0 Å².